The second-order valence-corrected chi connectivity index (χ2v) is 7.06. The topological polar surface area (TPSA) is 75.4 Å². The van der Waals surface area contributed by atoms with Crippen molar-refractivity contribution in [3.05, 3.63) is 64.0 Å². The van der Waals surface area contributed by atoms with Crippen molar-refractivity contribution < 1.29 is 14.1 Å². The Labute approximate surface area is 154 Å². The number of hydrogen-bond acceptors (Lipinski definition) is 5. The van der Waals surface area contributed by atoms with Crippen molar-refractivity contribution in [2.45, 2.75) is 13.0 Å². The Bertz CT molecular complexity index is 932. The number of hydrogen-bond donors (Lipinski definition) is 1. The molecule has 1 aromatic carbocycles. The third-order valence-electron chi connectivity index (χ3n) is 4.36. The van der Waals surface area contributed by atoms with Gasteiger partial charge in [-0.05, 0) is 23.4 Å². The molecule has 26 heavy (non-hydrogen) atoms. The van der Waals surface area contributed by atoms with E-state index in [2.05, 4.69) is 21.9 Å². The van der Waals surface area contributed by atoms with Gasteiger partial charge in [-0.15, -0.1) is 11.3 Å². The van der Waals surface area contributed by atoms with Crippen LogP contribution in [-0.4, -0.2) is 35.0 Å². The van der Waals surface area contributed by atoms with Gasteiger partial charge in [0.25, 0.3) is 5.91 Å². The van der Waals surface area contributed by atoms with Gasteiger partial charge in [0.15, 0.2) is 11.5 Å². The number of carbonyl (C=O) groups is 2. The molecule has 0 bridgehead atoms. The first-order valence-electron chi connectivity index (χ1n) is 8.34. The van der Waals surface area contributed by atoms with Crippen LogP contribution in [0.2, 0.25) is 0 Å². The number of aromatic nitrogens is 1. The SMILES string of the molecule is O=C(NCC(=O)N1CCc2sccc2C1)c1cc(-c2ccccc2)on1. The van der Waals surface area contributed by atoms with E-state index in [4.69, 9.17) is 4.52 Å². The molecule has 0 fully saturated rings. The summed E-state index contributed by atoms with van der Waals surface area (Å²) in [5.41, 5.74) is 2.20. The highest BCUT2D eigenvalue weighted by molar-refractivity contribution is 7.10. The van der Waals surface area contributed by atoms with E-state index < -0.39 is 5.91 Å². The van der Waals surface area contributed by atoms with E-state index in [-0.39, 0.29) is 18.1 Å². The number of amides is 2. The highest BCUT2D eigenvalue weighted by Gasteiger charge is 2.22. The molecule has 1 N–H and O–H groups in total. The number of thiophene rings is 1. The molecule has 3 aromatic rings. The summed E-state index contributed by atoms with van der Waals surface area (Å²) in [6, 6.07) is 13.0. The Morgan fingerprint density at radius 2 is 2.08 bits per heavy atom. The number of carbonyl (C=O) groups excluding carboxylic acids is 2. The first-order chi connectivity index (χ1) is 12.7. The first-order valence-corrected chi connectivity index (χ1v) is 9.22. The maximum atomic E-state index is 12.4. The van der Waals surface area contributed by atoms with Crippen molar-refractivity contribution >= 4 is 23.2 Å². The highest BCUT2D eigenvalue weighted by Crippen LogP contribution is 2.24. The van der Waals surface area contributed by atoms with E-state index in [1.165, 1.54) is 10.4 Å². The Kier molecular flexibility index (Phi) is 4.53. The molecule has 7 heteroatoms. The van der Waals surface area contributed by atoms with Crippen molar-refractivity contribution in [1.29, 1.82) is 0 Å². The summed E-state index contributed by atoms with van der Waals surface area (Å²) < 4.78 is 5.22. The zero-order valence-corrected chi connectivity index (χ0v) is 14.8. The number of rotatable bonds is 4. The predicted octanol–water partition coefficient (Wildman–Crippen LogP) is 2.72. The Morgan fingerprint density at radius 1 is 1.23 bits per heavy atom. The lowest BCUT2D eigenvalue weighted by atomic mass is 10.1. The van der Waals surface area contributed by atoms with E-state index in [0.29, 0.717) is 18.8 Å². The van der Waals surface area contributed by atoms with Crippen LogP contribution >= 0.6 is 11.3 Å². The van der Waals surface area contributed by atoms with E-state index in [0.717, 1.165) is 12.0 Å². The van der Waals surface area contributed by atoms with Crippen molar-refractivity contribution in [1.82, 2.24) is 15.4 Å². The lowest BCUT2D eigenvalue weighted by Crippen LogP contribution is -2.42. The van der Waals surface area contributed by atoms with Gasteiger partial charge in [-0.1, -0.05) is 35.5 Å². The van der Waals surface area contributed by atoms with Gasteiger partial charge in [0.1, 0.15) is 0 Å². The normalized spacial score (nSPS) is 13.3. The number of fused-ring (bicyclic) bond motifs is 1. The average Bonchev–Trinajstić information content (AvgIpc) is 3.35. The first kappa shape index (κ1) is 16.5. The lowest BCUT2D eigenvalue weighted by Gasteiger charge is -2.27. The lowest BCUT2D eigenvalue weighted by molar-refractivity contribution is -0.131. The van der Waals surface area contributed by atoms with Gasteiger partial charge in [-0.2, -0.15) is 0 Å². The van der Waals surface area contributed by atoms with Crippen LogP contribution in [-0.2, 0) is 17.8 Å². The molecule has 0 aliphatic carbocycles. The number of nitrogens with zero attached hydrogens (tertiary/aromatic N) is 2. The summed E-state index contributed by atoms with van der Waals surface area (Å²) in [6.07, 6.45) is 0.871. The number of nitrogens with one attached hydrogen (secondary N) is 1. The summed E-state index contributed by atoms with van der Waals surface area (Å²) >= 11 is 1.73. The molecule has 2 amide bonds. The molecular formula is C19H17N3O3S. The van der Waals surface area contributed by atoms with Gasteiger partial charge < -0.3 is 14.7 Å². The van der Waals surface area contributed by atoms with Gasteiger partial charge in [-0.25, -0.2) is 0 Å². The fourth-order valence-electron chi connectivity index (χ4n) is 2.94. The third kappa shape index (κ3) is 3.39. The predicted molar refractivity (Wildman–Crippen MR) is 97.7 cm³/mol. The van der Waals surface area contributed by atoms with Crippen molar-refractivity contribution in [2.75, 3.05) is 13.1 Å². The van der Waals surface area contributed by atoms with Gasteiger partial charge in [0.05, 0.1) is 6.54 Å². The molecule has 0 atom stereocenters. The van der Waals surface area contributed by atoms with Crippen LogP contribution in [0.4, 0.5) is 0 Å². The standard InChI is InChI=1S/C19H17N3O3S/c23-18(22-8-6-17-14(12-22)7-9-26-17)11-20-19(24)15-10-16(25-21-15)13-4-2-1-3-5-13/h1-5,7,9-10H,6,8,11-12H2,(H,20,24). The van der Waals surface area contributed by atoms with Crippen LogP contribution in [0.5, 0.6) is 0 Å². The Hall–Kier alpha value is -2.93. The average molecular weight is 367 g/mol. The maximum absolute atomic E-state index is 12.4. The minimum atomic E-state index is -0.419. The highest BCUT2D eigenvalue weighted by atomic mass is 32.1. The molecular weight excluding hydrogens is 350 g/mol. The summed E-state index contributed by atoms with van der Waals surface area (Å²) in [4.78, 5) is 27.7. The van der Waals surface area contributed by atoms with Crippen LogP contribution in [0.25, 0.3) is 11.3 Å². The second-order valence-electron chi connectivity index (χ2n) is 6.06. The van der Waals surface area contributed by atoms with E-state index in [1.807, 2.05) is 30.3 Å². The molecule has 0 unspecified atom stereocenters. The second kappa shape index (κ2) is 7.13. The summed E-state index contributed by atoms with van der Waals surface area (Å²) in [5, 5.41) is 8.47. The molecule has 0 radical (unpaired) electrons. The van der Waals surface area contributed by atoms with Crippen molar-refractivity contribution in [3.63, 3.8) is 0 Å². The van der Waals surface area contributed by atoms with Crippen molar-refractivity contribution in [3.8, 4) is 11.3 Å². The fourth-order valence-corrected chi connectivity index (χ4v) is 3.83. The molecule has 1 aliphatic rings. The van der Waals surface area contributed by atoms with Crippen LogP contribution in [0.15, 0.2) is 52.4 Å². The minimum Gasteiger partial charge on any atom is -0.355 e. The van der Waals surface area contributed by atoms with Crippen LogP contribution in [0.3, 0.4) is 0 Å². The molecule has 132 valence electrons. The van der Waals surface area contributed by atoms with Gasteiger partial charge in [0.2, 0.25) is 5.91 Å². The summed E-state index contributed by atoms with van der Waals surface area (Å²) in [7, 11) is 0. The largest absolute Gasteiger partial charge is 0.355 e. The minimum absolute atomic E-state index is 0.0498. The van der Waals surface area contributed by atoms with E-state index >= 15 is 0 Å². The molecule has 0 saturated carbocycles. The quantitative estimate of drug-likeness (QED) is 0.769. The zero-order valence-electron chi connectivity index (χ0n) is 14.0. The maximum Gasteiger partial charge on any atom is 0.273 e. The molecule has 4 rings (SSSR count). The third-order valence-corrected chi connectivity index (χ3v) is 5.38. The zero-order chi connectivity index (χ0) is 17.9. The molecule has 6 nitrogen and oxygen atoms in total. The fraction of sp³-hybridized carbons (Fsp3) is 0.211. The van der Waals surface area contributed by atoms with Crippen molar-refractivity contribution in [2.24, 2.45) is 0 Å². The smallest absolute Gasteiger partial charge is 0.273 e. The van der Waals surface area contributed by atoms with Crippen LogP contribution in [0.1, 0.15) is 20.9 Å². The number of benzene rings is 1. The molecule has 1 aliphatic heterocycles. The van der Waals surface area contributed by atoms with E-state index in [9.17, 15) is 9.59 Å². The van der Waals surface area contributed by atoms with Gasteiger partial charge >= 0.3 is 0 Å². The molecule has 0 saturated heterocycles. The van der Waals surface area contributed by atoms with Crippen LogP contribution < -0.4 is 5.32 Å². The summed E-state index contributed by atoms with van der Waals surface area (Å²) in [5.74, 6) is 0.00239. The van der Waals surface area contributed by atoms with Gasteiger partial charge in [-0.3, -0.25) is 9.59 Å². The Morgan fingerprint density at radius 3 is 2.92 bits per heavy atom. The summed E-state index contributed by atoms with van der Waals surface area (Å²) in [6.45, 7) is 1.24. The van der Waals surface area contributed by atoms with E-state index in [1.54, 1.807) is 22.3 Å². The van der Waals surface area contributed by atoms with Crippen LogP contribution in [0, 0.1) is 0 Å². The molecule has 0 spiro atoms. The molecule has 2 aromatic heterocycles. The molecule has 3 heterocycles. The Balaban J connectivity index is 1.34. The monoisotopic (exact) mass is 367 g/mol. The van der Waals surface area contributed by atoms with Gasteiger partial charge in [0, 0.05) is 29.6 Å².